The number of nitrogens with one attached hydrogen (secondary N) is 1. The number of aromatic nitrogens is 1. The highest BCUT2D eigenvalue weighted by molar-refractivity contribution is 6.32. The maximum atomic E-state index is 13.3. The summed E-state index contributed by atoms with van der Waals surface area (Å²) in [6, 6.07) is 2.05. The molecule has 1 aromatic heterocycles. The van der Waals surface area contributed by atoms with E-state index in [0.29, 0.717) is 17.9 Å². The minimum atomic E-state index is -1.08. The topological polar surface area (TPSA) is 94.9 Å². The number of ether oxygens (including phenoxy) is 2. The number of hydrogen-bond donors (Lipinski definition) is 4. The van der Waals surface area contributed by atoms with Crippen LogP contribution < -0.4 is 0 Å². The second-order valence-corrected chi connectivity index (χ2v) is 17.9. The molecular weight excluding hydrogens is 586 g/mol. The number of fused-ring (bicyclic) bond motifs is 5. The Bertz CT molecular complexity index is 1800. The number of aliphatic hydroxyl groups excluding tert-OH is 1. The minimum Gasteiger partial charge on any atom is -0.390 e. The zero-order valence-corrected chi connectivity index (χ0v) is 27.9. The molecular formula is C38H46ClNO5. The van der Waals surface area contributed by atoms with Crippen molar-refractivity contribution in [3.63, 3.8) is 0 Å². The van der Waals surface area contributed by atoms with E-state index in [-0.39, 0.29) is 42.0 Å². The molecule has 0 amide bonds. The van der Waals surface area contributed by atoms with E-state index in [1.54, 1.807) is 0 Å². The number of halogens is 1. The summed E-state index contributed by atoms with van der Waals surface area (Å²) in [6.45, 7) is 19.5. The molecule has 2 aromatic rings. The van der Waals surface area contributed by atoms with E-state index in [1.807, 2.05) is 13.0 Å². The van der Waals surface area contributed by atoms with Crippen LogP contribution in [0.4, 0.5) is 0 Å². The molecule has 0 bridgehead atoms. The first-order valence-corrected chi connectivity index (χ1v) is 17.6. The molecule has 1 aromatic carbocycles. The van der Waals surface area contributed by atoms with Crippen molar-refractivity contribution in [1.82, 2.24) is 4.98 Å². The summed E-state index contributed by atoms with van der Waals surface area (Å²) in [7, 11) is 0. The van der Waals surface area contributed by atoms with Crippen molar-refractivity contribution in [3.8, 4) is 0 Å². The van der Waals surface area contributed by atoms with Gasteiger partial charge in [0, 0.05) is 61.2 Å². The van der Waals surface area contributed by atoms with Gasteiger partial charge in [-0.15, -0.1) is 0 Å². The lowest BCUT2D eigenvalue weighted by molar-refractivity contribution is -0.296. The summed E-state index contributed by atoms with van der Waals surface area (Å²) in [5, 5.41) is 39.4. The molecule has 4 N–H and O–H groups in total. The molecule has 0 unspecified atom stereocenters. The van der Waals surface area contributed by atoms with Gasteiger partial charge in [-0.05, 0) is 94.4 Å². The van der Waals surface area contributed by atoms with Crippen LogP contribution in [0.3, 0.4) is 0 Å². The van der Waals surface area contributed by atoms with E-state index in [0.717, 1.165) is 71.0 Å². The Balaban J connectivity index is 1.21. The van der Waals surface area contributed by atoms with Gasteiger partial charge in [0.1, 0.15) is 11.7 Å². The van der Waals surface area contributed by atoms with E-state index in [2.05, 4.69) is 45.8 Å². The quantitative estimate of drug-likeness (QED) is 0.269. The smallest absolute Gasteiger partial charge is 0.105 e. The summed E-state index contributed by atoms with van der Waals surface area (Å²) in [6.07, 6.45) is 4.17. The van der Waals surface area contributed by atoms with Gasteiger partial charge in [0.15, 0.2) is 0 Å². The van der Waals surface area contributed by atoms with Crippen LogP contribution in [0.15, 0.2) is 30.4 Å². The van der Waals surface area contributed by atoms with Gasteiger partial charge >= 0.3 is 0 Å². The molecule has 6 nitrogen and oxygen atoms in total. The summed E-state index contributed by atoms with van der Waals surface area (Å²) in [5.41, 5.74) is 3.09. The molecule has 10 rings (SSSR count). The molecule has 8 aliphatic rings. The second kappa shape index (κ2) is 7.79. The lowest BCUT2D eigenvalue weighted by Crippen LogP contribution is -2.73. The predicted octanol–water partition coefficient (Wildman–Crippen LogP) is 6.53. The Hall–Kier alpha value is -1.67. The molecule has 7 heteroatoms. The fourth-order valence-electron chi connectivity index (χ4n) is 13.6. The Morgan fingerprint density at radius 2 is 1.87 bits per heavy atom. The molecule has 45 heavy (non-hydrogen) atoms. The fraction of sp³-hybridized carbons (Fsp3) is 0.684. The molecule has 1 saturated heterocycles. The lowest BCUT2D eigenvalue weighted by Gasteiger charge is -2.68. The first-order valence-electron chi connectivity index (χ1n) is 17.2. The van der Waals surface area contributed by atoms with Gasteiger partial charge in [0.2, 0.25) is 0 Å². The first kappa shape index (κ1) is 28.4. The average Bonchev–Trinajstić information content (AvgIpc) is 3.55. The predicted molar refractivity (Wildman–Crippen MR) is 172 cm³/mol. The van der Waals surface area contributed by atoms with Gasteiger partial charge < -0.3 is 29.8 Å². The first-order chi connectivity index (χ1) is 21.1. The molecule has 240 valence electrons. The van der Waals surface area contributed by atoms with Gasteiger partial charge in [0.05, 0.1) is 29.5 Å². The van der Waals surface area contributed by atoms with Gasteiger partial charge in [-0.2, -0.15) is 0 Å². The summed E-state index contributed by atoms with van der Waals surface area (Å²) in [4.78, 5) is 3.91. The van der Waals surface area contributed by atoms with Crippen LogP contribution in [-0.4, -0.2) is 49.8 Å². The van der Waals surface area contributed by atoms with Crippen LogP contribution in [-0.2, 0) is 26.9 Å². The highest BCUT2D eigenvalue weighted by Gasteiger charge is 2.84. The van der Waals surface area contributed by atoms with Crippen molar-refractivity contribution < 1.29 is 24.8 Å². The second-order valence-electron chi connectivity index (χ2n) is 17.5. The maximum Gasteiger partial charge on any atom is 0.105 e. The van der Waals surface area contributed by atoms with Crippen molar-refractivity contribution in [2.45, 2.75) is 126 Å². The molecule has 13 atom stereocenters. The SMILES string of the molecule is C=C(C)[C@H]1O[C@H]2CC[C@@]3(C)[C@@](O)(CC[C@H]4[C@@H]5OC(C)(C)[C@H]6C[C@@H]7C(=C)Cc8c(Cl)cc9[nH]c(c5c9c8[C@@]76O)[C@@]43C)[C@]23C[C@@H]3[C@H]1O. The Morgan fingerprint density at radius 3 is 2.60 bits per heavy atom. The Kier molecular flexibility index (Phi) is 4.91. The van der Waals surface area contributed by atoms with Gasteiger partial charge in [0.25, 0.3) is 0 Å². The largest absolute Gasteiger partial charge is 0.390 e. The van der Waals surface area contributed by atoms with Gasteiger partial charge in [-0.1, -0.05) is 44.2 Å². The van der Waals surface area contributed by atoms with Crippen molar-refractivity contribution in [3.05, 3.63) is 57.8 Å². The van der Waals surface area contributed by atoms with E-state index < -0.39 is 39.2 Å². The number of hydrogen-bond acceptors (Lipinski definition) is 5. The monoisotopic (exact) mass is 631 g/mol. The number of rotatable bonds is 1. The number of aromatic amines is 1. The van der Waals surface area contributed by atoms with Crippen LogP contribution >= 0.6 is 11.6 Å². The van der Waals surface area contributed by atoms with Gasteiger partial charge in [-0.3, -0.25) is 0 Å². The minimum absolute atomic E-state index is 0.0000988. The molecule has 3 heterocycles. The van der Waals surface area contributed by atoms with Crippen molar-refractivity contribution >= 4 is 22.5 Å². The van der Waals surface area contributed by atoms with E-state index in [4.69, 9.17) is 21.1 Å². The maximum absolute atomic E-state index is 13.3. The molecule has 6 aliphatic carbocycles. The van der Waals surface area contributed by atoms with Crippen LogP contribution in [0.25, 0.3) is 10.9 Å². The summed E-state index contributed by atoms with van der Waals surface area (Å²) in [5.74, 6) is 0.0681. The third kappa shape index (κ3) is 2.65. The standard InChI is InChI=1S/C38H46ClNO5/c1-16(2)30-29(41)21-15-36(21)25(44-30)9-10-34(6)35(7)19(8-11-37(34,36)42)31-27-26-23(40-32(27)35)14-22(39)18-12-17(3)20-13-24(33(4,5)45-31)38(20,43)28(18)26/h14,19-21,24-25,29-31,40-43H,1,3,8-13,15H2,2,4-7H3/t19-,20+,21+,24+,25-,29+,30+,31-,34+,35+,36-,37-,38+/m0/s1. The molecule has 0 radical (unpaired) electrons. The third-order valence-corrected chi connectivity index (χ3v) is 16.2. The van der Waals surface area contributed by atoms with E-state index in [1.165, 1.54) is 5.56 Å². The van der Waals surface area contributed by atoms with Crippen molar-refractivity contribution in [1.29, 1.82) is 0 Å². The zero-order valence-electron chi connectivity index (χ0n) is 27.1. The molecule has 1 spiro atoms. The molecule has 4 saturated carbocycles. The number of aliphatic hydroxyl groups is 3. The Labute approximate surface area is 270 Å². The fourth-order valence-corrected chi connectivity index (χ4v) is 13.9. The number of H-pyrrole nitrogens is 1. The Morgan fingerprint density at radius 1 is 1.11 bits per heavy atom. The molecule has 2 aliphatic heterocycles. The third-order valence-electron chi connectivity index (χ3n) is 15.9. The van der Waals surface area contributed by atoms with E-state index in [9.17, 15) is 15.3 Å². The van der Waals surface area contributed by atoms with E-state index >= 15 is 0 Å². The van der Waals surface area contributed by atoms with Crippen LogP contribution in [0.5, 0.6) is 0 Å². The average molecular weight is 632 g/mol. The number of benzene rings is 1. The van der Waals surface area contributed by atoms with Gasteiger partial charge in [-0.25, -0.2) is 0 Å². The van der Waals surface area contributed by atoms with Crippen molar-refractivity contribution in [2.75, 3.05) is 0 Å². The normalized spacial score (nSPS) is 52.5. The van der Waals surface area contributed by atoms with Crippen LogP contribution in [0.2, 0.25) is 5.02 Å². The lowest BCUT2D eigenvalue weighted by atomic mass is 9.40. The highest BCUT2D eigenvalue weighted by Crippen LogP contribution is 2.82. The van der Waals surface area contributed by atoms with Crippen LogP contribution in [0.1, 0.15) is 102 Å². The summed E-state index contributed by atoms with van der Waals surface area (Å²) >= 11 is 7.07. The molecule has 5 fully saturated rings. The summed E-state index contributed by atoms with van der Waals surface area (Å²) < 4.78 is 14.0. The highest BCUT2D eigenvalue weighted by atomic mass is 35.5. The zero-order chi connectivity index (χ0) is 31.6. The van der Waals surface area contributed by atoms with Crippen molar-refractivity contribution in [2.24, 2.45) is 34.5 Å². The van der Waals surface area contributed by atoms with Crippen LogP contribution in [0, 0.1) is 34.5 Å².